The van der Waals surface area contributed by atoms with Crippen LogP contribution in [0.1, 0.15) is 0 Å². The number of benzene rings is 1. The maximum absolute atomic E-state index is 10.2. The molecule has 0 fully saturated rings. The second-order valence-corrected chi connectivity index (χ2v) is 3.95. The maximum Gasteiger partial charge on any atom is 1.00 e. The SMILES string of the molecule is O=S(=O)([O-])CCOc1ccccc1.[Na+]. The van der Waals surface area contributed by atoms with E-state index in [0.717, 1.165) is 0 Å². The van der Waals surface area contributed by atoms with Gasteiger partial charge in [-0.15, -0.1) is 0 Å². The molecule has 0 spiro atoms. The van der Waals surface area contributed by atoms with Crippen molar-refractivity contribution in [1.82, 2.24) is 0 Å². The predicted octanol–water partition coefficient (Wildman–Crippen LogP) is -2.39. The van der Waals surface area contributed by atoms with E-state index >= 15 is 0 Å². The van der Waals surface area contributed by atoms with Gasteiger partial charge in [0.25, 0.3) is 0 Å². The fourth-order valence-electron chi connectivity index (χ4n) is 0.778. The molecule has 1 rings (SSSR count). The zero-order valence-corrected chi connectivity index (χ0v) is 10.7. The molecule has 0 aliphatic carbocycles. The van der Waals surface area contributed by atoms with Crippen molar-refractivity contribution in [3.05, 3.63) is 30.3 Å². The summed E-state index contributed by atoms with van der Waals surface area (Å²) in [4.78, 5) is 0. The average Bonchev–Trinajstić information content (AvgIpc) is 2.04. The molecule has 0 atom stereocenters. The van der Waals surface area contributed by atoms with Gasteiger partial charge in [-0.1, -0.05) is 18.2 Å². The monoisotopic (exact) mass is 224 g/mol. The van der Waals surface area contributed by atoms with Crippen LogP contribution in [0.4, 0.5) is 0 Å². The largest absolute Gasteiger partial charge is 1.00 e. The molecular weight excluding hydrogens is 215 g/mol. The van der Waals surface area contributed by atoms with Gasteiger partial charge in [0.1, 0.15) is 12.4 Å². The minimum atomic E-state index is -4.17. The molecule has 0 aromatic heterocycles. The van der Waals surface area contributed by atoms with Gasteiger partial charge in [0.15, 0.2) is 0 Å². The van der Waals surface area contributed by atoms with Crippen LogP contribution in [-0.4, -0.2) is 25.3 Å². The van der Waals surface area contributed by atoms with Crippen LogP contribution < -0.4 is 34.3 Å². The molecule has 0 saturated carbocycles. The molecule has 0 aliphatic rings. The summed E-state index contributed by atoms with van der Waals surface area (Å²) in [5.74, 6) is 0.0631. The molecule has 4 nitrogen and oxygen atoms in total. The van der Waals surface area contributed by atoms with Gasteiger partial charge < -0.3 is 9.29 Å². The summed E-state index contributed by atoms with van der Waals surface area (Å²) >= 11 is 0. The molecule has 0 N–H and O–H groups in total. The average molecular weight is 224 g/mol. The Morgan fingerprint density at radius 2 is 1.79 bits per heavy atom. The first-order valence-electron chi connectivity index (χ1n) is 3.69. The molecule has 0 unspecified atom stereocenters. The zero-order valence-electron chi connectivity index (χ0n) is 7.84. The third kappa shape index (κ3) is 6.39. The van der Waals surface area contributed by atoms with E-state index in [2.05, 4.69) is 0 Å². The number of hydrogen-bond donors (Lipinski definition) is 0. The third-order valence-electron chi connectivity index (χ3n) is 1.35. The van der Waals surface area contributed by atoms with Crippen molar-refractivity contribution < 1.29 is 47.3 Å². The second kappa shape index (κ2) is 6.42. The normalized spacial score (nSPS) is 10.4. The summed E-state index contributed by atoms with van der Waals surface area (Å²) in [7, 11) is -4.17. The molecule has 0 amide bonds. The first-order valence-corrected chi connectivity index (χ1v) is 5.27. The molecule has 6 heteroatoms. The van der Waals surface area contributed by atoms with Gasteiger partial charge in [-0.3, -0.25) is 0 Å². The Labute approximate surface area is 105 Å². The molecule has 0 bridgehead atoms. The minimum absolute atomic E-state index is 0. The topological polar surface area (TPSA) is 66.4 Å². The quantitative estimate of drug-likeness (QED) is 0.423. The van der Waals surface area contributed by atoms with Gasteiger partial charge in [-0.2, -0.15) is 0 Å². The van der Waals surface area contributed by atoms with Crippen molar-refractivity contribution in [3.8, 4) is 5.75 Å². The summed E-state index contributed by atoms with van der Waals surface area (Å²) in [5, 5.41) is 0. The Balaban J connectivity index is 0.00000169. The van der Waals surface area contributed by atoms with E-state index in [4.69, 9.17) is 4.74 Å². The van der Waals surface area contributed by atoms with Crippen LogP contribution in [0.2, 0.25) is 0 Å². The Kier molecular flexibility index (Phi) is 6.39. The Hall–Kier alpha value is -0.0700. The number of rotatable bonds is 4. The van der Waals surface area contributed by atoms with Crippen LogP contribution in [0, 0.1) is 0 Å². The maximum atomic E-state index is 10.2. The van der Waals surface area contributed by atoms with Crippen molar-refractivity contribution in [3.63, 3.8) is 0 Å². The first-order chi connectivity index (χ1) is 6.08. The van der Waals surface area contributed by atoms with Crippen LogP contribution in [0.3, 0.4) is 0 Å². The van der Waals surface area contributed by atoms with E-state index in [1.54, 1.807) is 24.3 Å². The van der Waals surface area contributed by atoms with E-state index in [-0.39, 0.29) is 36.2 Å². The van der Waals surface area contributed by atoms with Crippen molar-refractivity contribution in [2.24, 2.45) is 0 Å². The van der Waals surface area contributed by atoms with Gasteiger partial charge >= 0.3 is 29.6 Å². The Morgan fingerprint density at radius 1 is 1.21 bits per heavy atom. The molecule has 14 heavy (non-hydrogen) atoms. The van der Waals surface area contributed by atoms with Crippen LogP contribution in [-0.2, 0) is 10.1 Å². The summed E-state index contributed by atoms with van der Waals surface area (Å²) < 4.78 is 35.6. The summed E-state index contributed by atoms with van der Waals surface area (Å²) in [6, 6.07) is 8.73. The van der Waals surface area contributed by atoms with E-state index in [9.17, 15) is 13.0 Å². The molecule has 0 heterocycles. The third-order valence-corrected chi connectivity index (χ3v) is 2.01. The summed E-state index contributed by atoms with van der Waals surface area (Å²) in [5.41, 5.74) is 0. The molecule has 0 aliphatic heterocycles. The molecule has 0 radical (unpaired) electrons. The van der Waals surface area contributed by atoms with E-state index in [0.29, 0.717) is 5.75 Å². The number of hydrogen-bond acceptors (Lipinski definition) is 4. The minimum Gasteiger partial charge on any atom is -0.748 e. The number of ether oxygens (including phenoxy) is 1. The van der Waals surface area contributed by atoms with Crippen LogP contribution in [0.25, 0.3) is 0 Å². The Bertz CT molecular complexity index is 349. The fourth-order valence-corrected chi connectivity index (χ4v) is 1.07. The molecular formula is C8H9NaO4S. The van der Waals surface area contributed by atoms with Gasteiger partial charge in [0, 0.05) is 0 Å². The van der Waals surface area contributed by atoms with Crippen LogP contribution in [0.15, 0.2) is 30.3 Å². The van der Waals surface area contributed by atoms with E-state index in [1.165, 1.54) is 0 Å². The van der Waals surface area contributed by atoms with Crippen molar-refractivity contribution >= 4 is 10.1 Å². The van der Waals surface area contributed by atoms with E-state index in [1.807, 2.05) is 6.07 Å². The van der Waals surface area contributed by atoms with Gasteiger partial charge in [0.05, 0.1) is 15.9 Å². The Morgan fingerprint density at radius 3 is 2.29 bits per heavy atom. The molecule has 1 aromatic rings. The summed E-state index contributed by atoms with van der Waals surface area (Å²) in [6.07, 6.45) is 0. The standard InChI is InChI=1S/C8H10O4S.Na/c9-13(10,11)7-6-12-8-4-2-1-3-5-8;/h1-5H,6-7H2,(H,9,10,11);/q;+1/p-1. The van der Waals surface area contributed by atoms with Crippen molar-refractivity contribution in [2.45, 2.75) is 0 Å². The molecule has 0 saturated heterocycles. The second-order valence-electron chi connectivity index (χ2n) is 2.42. The fraction of sp³-hybridized carbons (Fsp3) is 0.250. The van der Waals surface area contributed by atoms with Gasteiger partial charge in [-0.05, 0) is 12.1 Å². The van der Waals surface area contributed by atoms with E-state index < -0.39 is 15.9 Å². The first kappa shape index (κ1) is 13.9. The van der Waals surface area contributed by atoms with Crippen LogP contribution in [0.5, 0.6) is 5.75 Å². The predicted molar refractivity (Wildman–Crippen MR) is 46.5 cm³/mol. The van der Waals surface area contributed by atoms with Crippen molar-refractivity contribution in [1.29, 1.82) is 0 Å². The van der Waals surface area contributed by atoms with Gasteiger partial charge in [0.2, 0.25) is 0 Å². The zero-order chi connectivity index (χ0) is 9.73. The molecule has 72 valence electrons. The van der Waals surface area contributed by atoms with Crippen LogP contribution >= 0.6 is 0 Å². The van der Waals surface area contributed by atoms with Gasteiger partial charge in [-0.25, -0.2) is 8.42 Å². The number of para-hydroxylation sites is 1. The smallest absolute Gasteiger partial charge is 0.748 e. The molecule has 1 aromatic carbocycles. The van der Waals surface area contributed by atoms with Crippen molar-refractivity contribution in [2.75, 3.05) is 12.4 Å². The summed E-state index contributed by atoms with van der Waals surface area (Å²) in [6.45, 7) is -0.101.